The minimum atomic E-state index is -0.318. The number of hydrogen-bond acceptors (Lipinski definition) is 4. The maximum atomic E-state index is 12.3. The van der Waals surface area contributed by atoms with E-state index in [9.17, 15) is 4.79 Å². The van der Waals surface area contributed by atoms with Crippen LogP contribution in [0.15, 0.2) is 59.1 Å². The fraction of sp³-hybridized carbons (Fsp3) is 0.158. The number of ether oxygens (including phenoxy) is 1. The van der Waals surface area contributed by atoms with Crippen LogP contribution in [0.25, 0.3) is 11.3 Å². The van der Waals surface area contributed by atoms with E-state index in [2.05, 4.69) is 10.5 Å². The van der Waals surface area contributed by atoms with Gasteiger partial charge in [-0.2, -0.15) is 0 Å². The predicted molar refractivity (Wildman–Crippen MR) is 92.2 cm³/mol. The molecule has 122 valence electrons. The molecule has 5 nitrogen and oxygen atoms in total. The summed E-state index contributed by atoms with van der Waals surface area (Å²) in [4.78, 5) is 12.3. The number of benzene rings is 2. The van der Waals surface area contributed by atoms with Gasteiger partial charge in [-0.05, 0) is 38.1 Å². The largest absolute Gasteiger partial charge is 0.494 e. The van der Waals surface area contributed by atoms with Crippen LogP contribution in [0.2, 0.25) is 0 Å². The Morgan fingerprint density at radius 3 is 2.50 bits per heavy atom. The van der Waals surface area contributed by atoms with Gasteiger partial charge in [0, 0.05) is 17.3 Å². The molecule has 0 unspecified atom stereocenters. The highest BCUT2D eigenvalue weighted by Crippen LogP contribution is 2.22. The normalized spacial score (nSPS) is 10.4. The van der Waals surface area contributed by atoms with E-state index in [0.717, 1.165) is 16.9 Å². The Morgan fingerprint density at radius 1 is 1.12 bits per heavy atom. The van der Waals surface area contributed by atoms with Gasteiger partial charge in [-0.25, -0.2) is 0 Å². The third-order valence-electron chi connectivity index (χ3n) is 3.50. The Hall–Kier alpha value is -3.08. The third-order valence-corrected chi connectivity index (χ3v) is 3.50. The maximum absolute atomic E-state index is 12.3. The van der Waals surface area contributed by atoms with E-state index in [1.807, 2.05) is 38.1 Å². The summed E-state index contributed by atoms with van der Waals surface area (Å²) in [6.45, 7) is 4.54. The Balaban J connectivity index is 1.70. The first-order valence-corrected chi connectivity index (χ1v) is 7.73. The zero-order chi connectivity index (χ0) is 16.9. The topological polar surface area (TPSA) is 64.4 Å². The van der Waals surface area contributed by atoms with Gasteiger partial charge in [0.05, 0.1) is 6.61 Å². The molecule has 0 bridgehead atoms. The first kappa shape index (κ1) is 15.8. The first-order valence-electron chi connectivity index (χ1n) is 7.73. The fourth-order valence-electron chi connectivity index (χ4n) is 2.23. The van der Waals surface area contributed by atoms with Crippen molar-refractivity contribution in [3.63, 3.8) is 0 Å². The molecule has 2 aromatic carbocycles. The molecule has 3 aromatic rings. The average molecular weight is 322 g/mol. The lowest BCUT2D eigenvalue weighted by atomic mass is 10.1. The molecule has 1 aromatic heterocycles. The van der Waals surface area contributed by atoms with Crippen LogP contribution in [0.4, 0.5) is 5.69 Å². The van der Waals surface area contributed by atoms with Crippen molar-refractivity contribution in [2.45, 2.75) is 13.8 Å². The van der Waals surface area contributed by atoms with Crippen molar-refractivity contribution in [2.75, 3.05) is 11.9 Å². The molecular formula is C19H18N2O3. The summed E-state index contributed by atoms with van der Waals surface area (Å²) in [5.41, 5.74) is 2.95. The molecule has 0 radical (unpaired) electrons. The van der Waals surface area contributed by atoms with Crippen LogP contribution in [0.5, 0.6) is 5.75 Å². The second kappa shape index (κ2) is 7.00. The lowest BCUT2D eigenvalue weighted by Crippen LogP contribution is -2.12. The van der Waals surface area contributed by atoms with Crippen molar-refractivity contribution in [3.05, 3.63) is 65.9 Å². The molecule has 0 aliphatic heterocycles. The summed E-state index contributed by atoms with van der Waals surface area (Å²) in [7, 11) is 0. The zero-order valence-electron chi connectivity index (χ0n) is 13.6. The molecule has 0 spiro atoms. The van der Waals surface area contributed by atoms with E-state index in [0.29, 0.717) is 18.1 Å². The van der Waals surface area contributed by atoms with Gasteiger partial charge in [0.15, 0.2) is 11.5 Å². The van der Waals surface area contributed by atoms with Gasteiger partial charge in [-0.15, -0.1) is 0 Å². The molecule has 0 saturated heterocycles. The quantitative estimate of drug-likeness (QED) is 0.760. The van der Waals surface area contributed by atoms with Gasteiger partial charge in [-0.1, -0.05) is 35.0 Å². The molecule has 0 aliphatic carbocycles. The van der Waals surface area contributed by atoms with E-state index in [1.54, 1.807) is 30.3 Å². The summed E-state index contributed by atoms with van der Waals surface area (Å²) in [6.07, 6.45) is 0. The molecule has 0 atom stereocenters. The van der Waals surface area contributed by atoms with Crippen LogP contribution in [-0.2, 0) is 0 Å². The molecule has 3 rings (SSSR count). The molecule has 5 heteroatoms. The highest BCUT2D eigenvalue weighted by Gasteiger charge is 2.14. The lowest BCUT2D eigenvalue weighted by molar-refractivity contribution is 0.101. The first-order chi connectivity index (χ1) is 11.7. The van der Waals surface area contributed by atoms with Gasteiger partial charge in [-0.3, -0.25) is 4.79 Å². The fourth-order valence-corrected chi connectivity index (χ4v) is 2.23. The lowest BCUT2D eigenvalue weighted by Gasteiger charge is -2.05. The molecule has 0 fully saturated rings. The van der Waals surface area contributed by atoms with Crippen molar-refractivity contribution in [3.8, 4) is 17.1 Å². The minimum absolute atomic E-state index is 0.236. The SMILES string of the molecule is CCOc1ccc(NC(=O)c2cc(-c3ccc(C)cc3)on2)cc1. The van der Waals surface area contributed by atoms with Gasteiger partial charge in [0.2, 0.25) is 0 Å². The predicted octanol–water partition coefficient (Wildman–Crippen LogP) is 4.30. The van der Waals surface area contributed by atoms with Crippen molar-refractivity contribution >= 4 is 11.6 Å². The third kappa shape index (κ3) is 3.63. The van der Waals surface area contributed by atoms with Gasteiger partial charge in [0.1, 0.15) is 5.75 Å². The number of amides is 1. The molecule has 0 saturated carbocycles. The highest BCUT2D eigenvalue weighted by atomic mass is 16.5. The van der Waals surface area contributed by atoms with Crippen LogP contribution in [0, 0.1) is 6.92 Å². The number of aromatic nitrogens is 1. The van der Waals surface area contributed by atoms with Crippen LogP contribution < -0.4 is 10.1 Å². The van der Waals surface area contributed by atoms with E-state index >= 15 is 0 Å². The van der Waals surface area contributed by atoms with Crippen molar-refractivity contribution in [1.82, 2.24) is 5.16 Å². The van der Waals surface area contributed by atoms with Crippen molar-refractivity contribution in [1.29, 1.82) is 0 Å². The summed E-state index contributed by atoms with van der Waals surface area (Å²) in [5.74, 6) is 1.01. The molecular weight excluding hydrogens is 304 g/mol. The number of nitrogens with zero attached hydrogens (tertiary/aromatic N) is 1. The number of hydrogen-bond donors (Lipinski definition) is 1. The van der Waals surface area contributed by atoms with Gasteiger partial charge in [0.25, 0.3) is 5.91 Å². The Morgan fingerprint density at radius 2 is 1.83 bits per heavy atom. The van der Waals surface area contributed by atoms with E-state index < -0.39 is 0 Å². The van der Waals surface area contributed by atoms with E-state index in [1.165, 1.54) is 0 Å². The van der Waals surface area contributed by atoms with E-state index in [4.69, 9.17) is 9.26 Å². The number of nitrogens with one attached hydrogen (secondary N) is 1. The Labute approximate surface area is 140 Å². The number of carbonyl (C=O) groups excluding carboxylic acids is 1. The van der Waals surface area contributed by atoms with Crippen LogP contribution in [0.3, 0.4) is 0 Å². The van der Waals surface area contributed by atoms with Crippen LogP contribution in [-0.4, -0.2) is 17.7 Å². The highest BCUT2D eigenvalue weighted by molar-refractivity contribution is 6.03. The second-order valence-corrected chi connectivity index (χ2v) is 5.35. The summed E-state index contributed by atoms with van der Waals surface area (Å²) in [6, 6.07) is 16.6. The van der Waals surface area contributed by atoms with Crippen molar-refractivity contribution < 1.29 is 14.1 Å². The standard InChI is InChI=1S/C19H18N2O3/c1-3-23-16-10-8-15(9-11-16)20-19(22)17-12-18(24-21-17)14-6-4-13(2)5-7-14/h4-12H,3H2,1-2H3,(H,20,22). The number of carbonyl (C=O) groups is 1. The molecule has 1 N–H and O–H groups in total. The second-order valence-electron chi connectivity index (χ2n) is 5.35. The monoisotopic (exact) mass is 322 g/mol. The average Bonchev–Trinajstić information content (AvgIpc) is 3.08. The number of aryl methyl sites for hydroxylation is 1. The number of anilines is 1. The number of rotatable bonds is 5. The summed E-state index contributed by atoms with van der Waals surface area (Å²) in [5, 5.41) is 6.63. The minimum Gasteiger partial charge on any atom is -0.494 e. The molecule has 0 aliphatic rings. The smallest absolute Gasteiger partial charge is 0.277 e. The van der Waals surface area contributed by atoms with Gasteiger partial charge >= 0.3 is 0 Å². The van der Waals surface area contributed by atoms with Crippen LogP contribution >= 0.6 is 0 Å². The van der Waals surface area contributed by atoms with Gasteiger partial charge < -0.3 is 14.6 Å². The van der Waals surface area contributed by atoms with E-state index in [-0.39, 0.29) is 11.6 Å². The zero-order valence-corrected chi connectivity index (χ0v) is 13.6. The summed E-state index contributed by atoms with van der Waals surface area (Å²) < 4.78 is 10.6. The summed E-state index contributed by atoms with van der Waals surface area (Å²) >= 11 is 0. The Kier molecular flexibility index (Phi) is 4.61. The maximum Gasteiger partial charge on any atom is 0.277 e. The Bertz CT molecular complexity index is 821. The molecule has 1 amide bonds. The van der Waals surface area contributed by atoms with Crippen LogP contribution in [0.1, 0.15) is 23.0 Å². The molecule has 24 heavy (non-hydrogen) atoms. The molecule has 1 heterocycles. The van der Waals surface area contributed by atoms with Crippen molar-refractivity contribution in [2.24, 2.45) is 0 Å².